The molecule has 0 spiro atoms. The van der Waals surface area contributed by atoms with Crippen molar-refractivity contribution in [3.05, 3.63) is 35.5 Å². The molecule has 0 unspecified atom stereocenters. The van der Waals surface area contributed by atoms with Crippen molar-refractivity contribution in [3.63, 3.8) is 0 Å². The standard InChI is InChI=1S/C25H35N7O5S/c1-17(2)31-9-7-30(8-10-31)16-19-15-27-25(37-19)23-20-5-11-36-12-6-22(20)32(28-23)18-13-21(29-38(4,33)34)24(35-3)26-14-18/h13-15,17,29H,5-12,16H2,1-4H3. The summed E-state index contributed by atoms with van der Waals surface area (Å²) in [5, 5.41) is 4.88. The molecule has 0 radical (unpaired) electrons. The Morgan fingerprint density at radius 3 is 2.58 bits per heavy atom. The summed E-state index contributed by atoms with van der Waals surface area (Å²) in [6, 6.07) is 2.22. The molecule has 0 aliphatic carbocycles. The molecule has 0 aromatic carbocycles. The molecule has 12 nitrogen and oxygen atoms in total. The monoisotopic (exact) mass is 545 g/mol. The maximum atomic E-state index is 11.9. The van der Waals surface area contributed by atoms with Crippen LogP contribution >= 0.6 is 0 Å². The van der Waals surface area contributed by atoms with E-state index in [0.29, 0.717) is 55.9 Å². The third kappa shape index (κ3) is 5.85. The second kappa shape index (κ2) is 11.0. The molecule has 3 aromatic rings. The van der Waals surface area contributed by atoms with E-state index < -0.39 is 10.0 Å². The average molecular weight is 546 g/mol. The van der Waals surface area contributed by atoms with Crippen LogP contribution in [0.2, 0.25) is 0 Å². The first-order chi connectivity index (χ1) is 18.2. The first kappa shape index (κ1) is 26.6. The molecule has 38 heavy (non-hydrogen) atoms. The first-order valence-corrected chi connectivity index (χ1v) is 14.7. The van der Waals surface area contributed by atoms with E-state index in [1.807, 2.05) is 0 Å². The predicted octanol–water partition coefficient (Wildman–Crippen LogP) is 1.94. The van der Waals surface area contributed by atoms with E-state index in [4.69, 9.17) is 19.0 Å². The Hall–Kier alpha value is -3.00. The van der Waals surface area contributed by atoms with Gasteiger partial charge >= 0.3 is 0 Å². The lowest BCUT2D eigenvalue weighted by Gasteiger charge is -2.36. The summed E-state index contributed by atoms with van der Waals surface area (Å²) in [6.07, 6.45) is 5.77. The van der Waals surface area contributed by atoms with Crippen LogP contribution in [0, 0.1) is 0 Å². The van der Waals surface area contributed by atoms with Crippen molar-refractivity contribution in [2.24, 2.45) is 0 Å². The average Bonchev–Trinajstić information content (AvgIpc) is 3.40. The molecule has 1 fully saturated rings. The Kier molecular flexibility index (Phi) is 7.70. The highest BCUT2D eigenvalue weighted by atomic mass is 32.2. The highest BCUT2D eigenvalue weighted by Gasteiger charge is 2.26. The second-order valence-corrected chi connectivity index (χ2v) is 11.7. The minimum atomic E-state index is -3.54. The number of anilines is 1. The summed E-state index contributed by atoms with van der Waals surface area (Å²) < 4.78 is 45.3. The maximum Gasteiger partial charge on any atom is 0.247 e. The SMILES string of the molecule is COc1ncc(-n2nc(-c3ncc(CN4CCN(C(C)C)CC4)o3)c3c2CCOCC3)cc1NS(C)(=O)=O. The molecule has 2 aliphatic rings. The van der Waals surface area contributed by atoms with E-state index >= 15 is 0 Å². The summed E-state index contributed by atoms with van der Waals surface area (Å²) in [4.78, 5) is 13.8. The van der Waals surface area contributed by atoms with Crippen LogP contribution in [0.15, 0.2) is 22.9 Å². The number of methoxy groups -OCH3 is 1. The van der Waals surface area contributed by atoms with Crippen LogP contribution in [0.5, 0.6) is 5.88 Å². The number of nitrogens with one attached hydrogen (secondary N) is 1. The van der Waals surface area contributed by atoms with Gasteiger partial charge in [0.05, 0.1) is 56.9 Å². The molecular weight excluding hydrogens is 510 g/mol. The van der Waals surface area contributed by atoms with Gasteiger partial charge in [0.15, 0.2) is 5.69 Å². The number of pyridine rings is 1. The smallest absolute Gasteiger partial charge is 0.247 e. The maximum absolute atomic E-state index is 11.9. The topological polar surface area (TPSA) is 128 Å². The fourth-order valence-corrected chi connectivity index (χ4v) is 5.52. The Balaban J connectivity index is 1.45. The van der Waals surface area contributed by atoms with Crippen LogP contribution in [-0.2, 0) is 34.1 Å². The zero-order chi connectivity index (χ0) is 26.9. The number of rotatable bonds is 8. The minimum Gasteiger partial charge on any atom is -0.479 e. The van der Waals surface area contributed by atoms with E-state index in [9.17, 15) is 8.42 Å². The Bertz CT molecular complexity index is 1380. The number of piperazine rings is 1. The fraction of sp³-hybridized carbons (Fsp3) is 0.560. The molecule has 0 bridgehead atoms. The number of fused-ring (bicyclic) bond motifs is 1. The van der Waals surface area contributed by atoms with Crippen LogP contribution in [0.4, 0.5) is 5.69 Å². The molecule has 2 aliphatic heterocycles. The number of hydrogen-bond donors (Lipinski definition) is 1. The summed E-state index contributed by atoms with van der Waals surface area (Å²) in [5.41, 5.74) is 3.46. The quantitative estimate of drug-likeness (QED) is 0.448. The van der Waals surface area contributed by atoms with Crippen LogP contribution in [-0.4, -0.2) is 96.8 Å². The van der Waals surface area contributed by atoms with E-state index in [2.05, 4.69) is 38.3 Å². The van der Waals surface area contributed by atoms with Crippen LogP contribution in [0.25, 0.3) is 17.3 Å². The molecule has 0 atom stereocenters. The normalized spacial score (nSPS) is 17.4. The van der Waals surface area contributed by atoms with E-state index in [1.165, 1.54) is 7.11 Å². The Morgan fingerprint density at radius 2 is 1.87 bits per heavy atom. The zero-order valence-electron chi connectivity index (χ0n) is 22.3. The highest BCUT2D eigenvalue weighted by molar-refractivity contribution is 7.92. The largest absolute Gasteiger partial charge is 0.479 e. The molecule has 1 N–H and O–H groups in total. The second-order valence-electron chi connectivity index (χ2n) is 9.96. The summed E-state index contributed by atoms with van der Waals surface area (Å²) in [6.45, 7) is 10.4. The molecular formula is C25H35N7O5S. The first-order valence-electron chi connectivity index (χ1n) is 12.8. The van der Waals surface area contributed by atoms with Crippen molar-refractivity contribution in [1.82, 2.24) is 29.5 Å². The number of sulfonamides is 1. The van der Waals surface area contributed by atoms with Crippen molar-refractivity contribution in [1.29, 1.82) is 0 Å². The van der Waals surface area contributed by atoms with Crippen molar-refractivity contribution in [2.45, 2.75) is 39.3 Å². The van der Waals surface area contributed by atoms with E-state index in [0.717, 1.165) is 49.5 Å². The van der Waals surface area contributed by atoms with Crippen LogP contribution < -0.4 is 9.46 Å². The summed E-state index contributed by atoms with van der Waals surface area (Å²) in [7, 11) is -2.10. The third-order valence-electron chi connectivity index (χ3n) is 6.91. The molecule has 0 amide bonds. The van der Waals surface area contributed by atoms with Crippen LogP contribution in [0.3, 0.4) is 0 Å². The minimum absolute atomic E-state index is 0.174. The number of nitrogens with zero attached hydrogens (tertiary/aromatic N) is 6. The molecule has 13 heteroatoms. The van der Waals surface area contributed by atoms with E-state index in [1.54, 1.807) is 23.1 Å². The number of hydrogen-bond acceptors (Lipinski definition) is 10. The summed E-state index contributed by atoms with van der Waals surface area (Å²) >= 11 is 0. The van der Waals surface area contributed by atoms with Crippen LogP contribution in [0.1, 0.15) is 30.9 Å². The van der Waals surface area contributed by atoms with Gasteiger partial charge in [-0.15, -0.1) is 0 Å². The van der Waals surface area contributed by atoms with Gasteiger partial charge in [-0.1, -0.05) is 0 Å². The van der Waals surface area contributed by atoms with Gasteiger partial charge < -0.3 is 13.9 Å². The molecule has 0 saturated carbocycles. The molecule has 206 valence electrons. The van der Waals surface area contributed by atoms with E-state index in [-0.39, 0.29) is 11.6 Å². The molecule has 5 rings (SSSR count). The van der Waals surface area contributed by atoms with Gasteiger partial charge in [0.25, 0.3) is 0 Å². The molecule has 1 saturated heterocycles. The lowest BCUT2D eigenvalue weighted by atomic mass is 10.1. The van der Waals surface area contributed by atoms with Crippen molar-refractivity contribution < 1.29 is 22.3 Å². The fourth-order valence-electron chi connectivity index (χ4n) is 4.98. The van der Waals surface area contributed by atoms with Gasteiger partial charge in [-0.2, -0.15) is 5.10 Å². The predicted molar refractivity (Wildman–Crippen MR) is 142 cm³/mol. The highest BCUT2D eigenvalue weighted by Crippen LogP contribution is 2.32. The zero-order valence-corrected chi connectivity index (χ0v) is 23.1. The van der Waals surface area contributed by atoms with Crippen molar-refractivity contribution in [2.75, 3.05) is 57.5 Å². The van der Waals surface area contributed by atoms with Gasteiger partial charge in [0, 0.05) is 44.2 Å². The molecule has 5 heterocycles. The van der Waals surface area contributed by atoms with Gasteiger partial charge in [-0.25, -0.2) is 23.1 Å². The lowest BCUT2D eigenvalue weighted by molar-refractivity contribution is 0.0992. The summed E-state index contributed by atoms with van der Waals surface area (Å²) in [5.74, 6) is 1.44. The van der Waals surface area contributed by atoms with Gasteiger partial charge in [-0.3, -0.25) is 14.5 Å². The number of aromatic nitrogens is 4. The van der Waals surface area contributed by atoms with Gasteiger partial charge in [0.1, 0.15) is 11.4 Å². The van der Waals surface area contributed by atoms with Crippen molar-refractivity contribution in [3.8, 4) is 23.2 Å². The van der Waals surface area contributed by atoms with Gasteiger partial charge in [0.2, 0.25) is 21.8 Å². The lowest BCUT2D eigenvalue weighted by Crippen LogP contribution is -2.48. The molecule has 3 aromatic heterocycles. The Morgan fingerprint density at radius 1 is 1.11 bits per heavy atom. The number of oxazole rings is 1. The third-order valence-corrected chi connectivity index (χ3v) is 7.50. The van der Waals surface area contributed by atoms with Gasteiger partial charge in [-0.05, 0) is 26.3 Å². The Labute approximate surface area is 223 Å². The number of ether oxygens (including phenoxy) is 2. The van der Waals surface area contributed by atoms with Crippen molar-refractivity contribution >= 4 is 15.7 Å².